The molecule has 0 aliphatic rings. The molecule has 0 radical (unpaired) electrons. The van der Waals surface area contributed by atoms with E-state index in [-0.39, 0.29) is 5.91 Å². The second kappa shape index (κ2) is 8.11. The highest BCUT2D eigenvalue weighted by molar-refractivity contribution is 5.79. The Balaban J connectivity index is 2.14. The molecule has 0 saturated heterocycles. The molecule has 0 aliphatic heterocycles. The van der Waals surface area contributed by atoms with Crippen LogP contribution in [0, 0.1) is 20.8 Å². The van der Waals surface area contributed by atoms with Crippen molar-refractivity contribution < 1.29 is 4.79 Å². The van der Waals surface area contributed by atoms with Crippen LogP contribution in [-0.4, -0.2) is 52.9 Å². The van der Waals surface area contributed by atoms with Crippen LogP contribution in [0.1, 0.15) is 28.1 Å². The van der Waals surface area contributed by atoms with Crippen molar-refractivity contribution in [3.8, 4) is 0 Å². The summed E-state index contributed by atoms with van der Waals surface area (Å²) in [5.41, 5.74) is 5.41. The highest BCUT2D eigenvalue weighted by Gasteiger charge is 2.17. The SMILES string of the molecule is Cc1ccc(C)c(CC(=O)N(CCN(C)C)Cc2nc[nH]c2C)c1. The Morgan fingerprint density at radius 3 is 2.54 bits per heavy atom. The number of aryl methyl sites for hydroxylation is 3. The number of carbonyl (C=O) groups is 1. The third-order valence-electron chi connectivity index (χ3n) is 4.29. The Bertz CT molecular complexity index is 690. The predicted molar refractivity (Wildman–Crippen MR) is 96.9 cm³/mol. The zero-order chi connectivity index (χ0) is 17.7. The average molecular weight is 328 g/mol. The van der Waals surface area contributed by atoms with Gasteiger partial charge in [0.15, 0.2) is 0 Å². The summed E-state index contributed by atoms with van der Waals surface area (Å²) >= 11 is 0. The minimum Gasteiger partial charge on any atom is -0.348 e. The van der Waals surface area contributed by atoms with Crippen LogP contribution in [0.3, 0.4) is 0 Å². The van der Waals surface area contributed by atoms with E-state index in [0.717, 1.165) is 29.1 Å². The molecule has 0 fully saturated rings. The molecular formula is C19H28N4O. The lowest BCUT2D eigenvalue weighted by Gasteiger charge is -2.24. The number of benzene rings is 1. The monoisotopic (exact) mass is 328 g/mol. The number of rotatable bonds is 7. The van der Waals surface area contributed by atoms with Crippen molar-refractivity contribution in [2.45, 2.75) is 33.7 Å². The third-order valence-corrected chi connectivity index (χ3v) is 4.29. The number of H-pyrrole nitrogens is 1. The number of hydrogen-bond donors (Lipinski definition) is 1. The normalized spacial score (nSPS) is 11.1. The number of nitrogens with zero attached hydrogens (tertiary/aromatic N) is 3. The first kappa shape index (κ1) is 18.2. The van der Waals surface area contributed by atoms with Crippen molar-refractivity contribution in [1.82, 2.24) is 19.8 Å². The Morgan fingerprint density at radius 1 is 1.17 bits per heavy atom. The lowest BCUT2D eigenvalue weighted by molar-refractivity contribution is -0.131. The van der Waals surface area contributed by atoms with E-state index in [1.54, 1.807) is 6.33 Å². The van der Waals surface area contributed by atoms with Crippen LogP contribution < -0.4 is 0 Å². The molecule has 0 saturated carbocycles. The minimum absolute atomic E-state index is 0.146. The van der Waals surface area contributed by atoms with E-state index >= 15 is 0 Å². The first-order valence-corrected chi connectivity index (χ1v) is 8.34. The molecular weight excluding hydrogens is 300 g/mol. The van der Waals surface area contributed by atoms with Gasteiger partial charge in [0.1, 0.15) is 0 Å². The van der Waals surface area contributed by atoms with E-state index in [4.69, 9.17) is 0 Å². The van der Waals surface area contributed by atoms with Gasteiger partial charge < -0.3 is 14.8 Å². The molecule has 0 atom stereocenters. The summed E-state index contributed by atoms with van der Waals surface area (Å²) < 4.78 is 0. The molecule has 1 aromatic carbocycles. The quantitative estimate of drug-likeness (QED) is 0.849. The average Bonchev–Trinajstić information content (AvgIpc) is 2.92. The van der Waals surface area contributed by atoms with Crippen LogP contribution in [0.25, 0.3) is 0 Å². The van der Waals surface area contributed by atoms with Crippen molar-refractivity contribution in [2.24, 2.45) is 0 Å². The number of aromatic nitrogens is 2. The number of aromatic amines is 1. The maximum Gasteiger partial charge on any atom is 0.227 e. The Kier molecular flexibility index (Phi) is 6.15. The molecule has 1 amide bonds. The highest BCUT2D eigenvalue weighted by atomic mass is 16.2. The summed E-state index contributed by atoms with van der Waals surface area (Å²) in [4.78, 5) is 24.3. The van der Waals surface area contributed by atoms with Crippen LogP contribution in [0.5, 0.6) is 0 Å². The molecule has 0 spiro atoms. The van der Waals surface area contributed by atoms with Crippen LogP contribution in [0.2, 0.25) is 0 Å². The smallest absolute Gasteiger partial charge is 0.227 e. The van der Waals surface area contributed by atoms with Gasteiger partial charge in [-0.05, 0) is 46.0 Å². The molecule has 5 heteroatoms. The zero-order valence-corrected chi connectivity index (χ0v) is 15.4. The summed E-state index contributed by atoms with van der Waals surface area (Å²) in [5, 5.41) is 0. The fourth-order valence-corrected chi connectivity index (χ4v) is 2.61. The molecule has 5 nitrogen and oxygen atoms in total. The van der Waals surface area contributed by atoms with E-state index in [9.17, 15) is 4.79 Å². The first-order valence-electron chi connectivity index (χ1n) is 8.34. The molecule has 0 unspecified atom stereocenters. The van der Waals surface area contributed by atoms with Crippen molar-refractivity contribution in [1.29, 1.82) is 0 Å². The van der Waals surface area contributed by atoms with Gasteiger partial charge >= 0.3 is 0 Å². The Morgan fingerprint density at radius 2 is 1.92 bits per heavy atom. The Hall–Kier alpha value is -2.14. The van der Waals surface area contributed by atoms with E-state index < -0.39 is 0 Å². The van der Waals surface area contributed by atoms with Gasteiger partial charge in [-0.1, -0.05) is 23.8 Å². The largest absolute Gasteiger partial charge is 0.348 e. The van der Waals surface area contributed by atoms with Crippen molar-refractivity contribution in [3.05, 3.63) is 52.6 Å². The number of carbonyl (C=O) groups excluding carboxylic acids is 1. The summed E-state index contributed by atoms with van der Waals surface area (Å²) in [5.74, 6) is 0.146. The van der Waals surface area contributed by atoms with Gasteiger partial charge in [-0.25, -0.2) is 4.98 Å². The zero-order valence-electron chi connectivity index (χ0n) is 15.4. The van der Waals surface area contributed by atoms with Crippen LogP contribution >= 0.6 is 0 Å². The van der Waals surface area contributed by atoms with Gasteiger partial charge in [0.25, 0.3) is 0 Å². The van der Waals surface area contributed by atoms with E-state index in [2.05, 4.69) is 46.9 Å². The molecule has 24 heavy (non-hydrogen) atoms. The maximum atomic E-state index is 12.9. The van der Waals surface area contributed by atoms with Crippen LogP contribution in [0.15, 0.2) is 24.5 Å². The lowest BCUT2D eigenvalue weighted by Crippen LogP contribution is -2.37. The van der Waals surface area contributed by atoms with Crippen molar-refractivity contribution >= 4 is 5.91 Å². The second-order valence-electron chi connectivity index (χ2n) is 6.70. The fraction of sp³-hybridized carbons (Fsp3) is 0.474. The van der Waals surface area contributed by atoms with Crippen molar-refractivity contribution in [3.63, 3.8) is 0 Å². The number of nitrogens with one attached hydrogen (secondary N) is 1. The molecule has 1 aromatic heterocycles. The van der Waals surface area contributed by atoms with E-state index in [1.165, 1.54) is 5.56 Å². The van der Waals surface area contributed by atoms with Crippen molar-refractivity contribution in [2.75, 3.05) is 27.2 Å². The maximum absolute atomic E-state index is 12.9. The standard InChI is InChI=1S/C19H28N4O/c1-14-6-7-15(2)17(10-14)11-19(24)23(9-8-22(4)5)12-18-16(3)20-13-21-18/h6-7,10,13H,8-9,11-12H2,1-5H3,(H,20,21). The number of imidazole rings is 1. The van der Waals surface area contributed by atoms with Crippen LogP contribution in [0.4, 0.5) is 0 Å². The molecule has 1 N–H and O–H groups in total. The van der Waals surface area contributed by atoms with E-state index in [0.29, 0.717) is 19.5 Å². The van der Waals surface area contributed by atoms with Gasteiger partial charge in [0, 0.05) is 18.8 Å². The lowest BCUT2D eigenvalue weighted by atomic mass is 10.0. The topological polar surface area (TPSA) is 52.2 Å². The molecule has 2 aromatic rings. The summed E-state index contributed by atoms with van der Waals surface area (Å²) in [6.45, 7) is 8.19. The van der Waals surface area contributed by atoms with Gasteiger partial charge in [-0.3, -0.25) is 4.79 Å². The fourth-order valence-electron chi connectivity index (χ4n) is 2.61. The summed E-state index contributed by atoms with van der Waals surface area (Å²) in [7, 11) is 4.04. The van der Waals surface area contributed by atoms with Gasteiger partial charge in [0.05, 0.1) is 25.0 Å². The number of amides is 1. The minimum atomic E-state index is 0.146. The highest BCUT2D eigenvalue weighted by Crippen LogP contribution is 2.14. The summed E-state index contributed by atoms with van der Waals surface area (Å²) in [6.07, 6.45) is 2.12. The van der Waals surface area contributed by atoms with Crippen LogP contribution in [-0.2, 0) is 17.8 Å². The molecule has 2 rings (SSSR count). The van der Waals surface area contributed by atoms with E-state index in [1.807, 2.05) is 25.9 Å². The van der Waals surface area contributed by atoms with Gasteiger partial charge in [-0.15, -0.1) is 0 Å². The number of hydrogen-bond acceptors (Lipinski definition) is 3. The summed E-state index contributed by atoms with van der Waals surface area (Å²) in [6, 6.07) is 6.28. The first-order chi connectivity index (χ1) is 11.4. The molecule has 0 bridgehead atoms. The van der Waals surface area contributed by atoms with Gasteiger partial charge in [0.2, 0.25) is 5.91 Å². The van der Waals surface area contributed by atoms with Gasteiger partial charge in [-0.2, -0.15) is 0 Å². The third kappa shape index (κ3) is 4.93. The predicted octanol–water partition coefficient (Wildman–Crippen LogP) is 2.47. The number of likely N-dealkylation sites (N-methyl/N-ethyl adjacent to an activating group) is 1. The molecule has 130 valence electrons. The molecule has 1 heterocycles. The molecule has 0 aliphatic carbocycles. The second-order valence-corrected chi connectivity index (χ2v) is 6.70. The Labute approximate surface area is 144 Å².